The Hall–Kier alpha value is -1.01. The summed E-state index contributed by atoms with van der Waals surface area (Å²) in [5, 5.41) is 10.5. The molecule has 1 N–H and O–H groups in total. The van der Waals surface area contributed by atoms with Crippen LogP contribution in [0.15, 0.2) is 29.8 Å². The smallest absolute Gasteiger partial charge is 0.192 e. The van der Waals surface area contributed by atoms with Gasteiger partial charge < -0.3 is 9.53 Å². The molecular weight excluding hydrogens is 406 g/mol. The average Bonchev–Trinajstić information content (AvgIpc) is 3.03. The largest absolute Gasteiger partial charge is 0.410 e. The highest BCUT2D eigenvalue weighted by molar-refractivity contribution is 7.18. The van der Waals surface area contributed by atoms with Crippen molar-refractivity contribution in [3.63, 3.8) is 0 Å². The second-order valence-corrected chi connectivity index (χ2v) is 16.3. The number of rotatable bonds is 10. The molecule has 0 aliphatic carbocycles. The number of aliphatic hydroxyl groups is 1. The normalized spacial score (nSPS) is 15.6. The van der Waals surface area contributed by atoms with Gasteiger partial charge in [-0.25, -0.2) is 4.98 Å². The van der Waals surface area contributed by atoms with Gasteiger partial charge in [0.05, 0.1) is 21.3 Å². The van der Waals surface area contributed by atoms with Crippen molar-refractivity contribution in [3.05, 3.63) is 40.4 Å². The molecule has 0 unspecified atom stereocenters. The molecule has 2 atom stereocenters. The fraction of sp³-hybridized carbons (Fsp3) is 0.640. The monoisotopic (exact) mass is 447 g/mol. The number of benzene rings is 1. The number of aryl methyl sites for hydroxylation is 1. The predicted octanol–water partition coefficient (Wildman–Crippen LogP) is 7.80. The first kappa shape index (κ1) is 25.2. The van der Waals surface area contributed by atoms with Gasteiger partial charge in [0.1, 0.15) is 0 Å². The molecule has 0 bridgehead atoms. The van der Waals surface area contributed by atoms with E-state index >= 15 is 0 Å². The maximum absolute atomic E-state index is 9.22. The van der Waals surface area contributed by atoms with Gasteiger partial charge in [0.2, 0.25) is 0 Å². The molecule has 168 valence electrons. The molecule has 2 rings (SSSR count). The predicted molar refractivity (Wildman–Crippen MR) is 134 cm³/mol. The Kier molecular flexibility index (Phi) is 8.87. The Balaban J connectivity index is 2.21. The Labute approximate surface area is 188 Å². The average molecular weight is 448 g/mol. The zero-order valence-electron chi connectivity index (χ0n) is 20.2. The van der Waals surface area contributed by atoms with Crippen LogP contribution >= 0.6 is 11.3 Å². The van der Waals surface area contributed by atoms with Gasteiger partial charge in [-0.2, -0.15) is 0 Å². The molecule has 1 heterocycles. The third-order valence-electron chi connectivity index (χ3n) is 6.39. The van der Waals surface area contributed by atoms with Gasteiger partial charge in [0.25, 0.3) is 0 Å². The molecule has 0 radical (unpaired) electrons. The Morgan fingerprint density at radius 1 is 1.30 bits per heavy atom. The fourth-order valence-electron chi connectivity index (χ4n) is 3.28. The molecule has 0 aliphatic rings. The van der Waals surface area contributed by atoms with E-state index in [0.717, 1.165) is 36.2 Å². The van der Waals surface area contributed by atoms with E-state index < -0.39 is 8.32 Å². The highest BCUT2D eigenvalue weighted by Crippen LogP contribution is 2.41. The van der Waals surface area contributed by atoms with Crippen LogP contribution in [-0.2, 0) is 4.43 Å². The van der Waals surface area contributed by atoms with Crippen LogP contribution in [0.3, 0.4) is 0 Å². The van der Waals surface area contributed by atoms with E-state index in [1.54, 1.807) is 11.3 Å². The van der Waals surface area contributed by atoms with E-state index in [1.807, 2.05) is 0 Å². The lowest BCUT2D eigenvalue weighted by molar-refractivity contribution is 0.186. The number of thiazole rings is 1. The molecule has 5 heteroatoms. The minimum atomic E-state index is -1.91. The summed E-state index contributed by atoms with van der Waals surface area (Å²) in [5.41, 5.74) is 3.72. The number of allylic oxidation sites excluding steroid dienone is 1. The van der Waals surface area contributed by atoms with Crippen molar-refractivity contribution in [3.8, 4) is 0 Å². The number of aliphatic hydroxyl groups excluding tert-OH is 1. The maximum Gasteiger partial charge on any atom is 0.192 e. The van der Waals surface area contributed by atoms with E-state index in [1.165, 1.54) is 15.8 Å². The lowest BCUT2D eigenvalue weighted by atomic mass is 10.0. The van der Waals surface area contributed by atoms with Gasteiger partial charge in [-0.05, 0) is 81.3 Å². The van der Waals surface area contributed by atoms with E-state index in [4.69, 9.17) is 9.41 Å². The Bertz CT molecular complexity index is 850. The third kappa shape index (κ3) is 7.01. The van der Waals surface area contributed by atoms with Crippen molar-refractivity contribution in [1.29, 1.82) is 0 Å². The van der Waals surface area contributed by atoms with Crippen LogP contribution in [0.1, 0.15) is 77.0 Å². The molecule has 0 spiro atoms. The van der Waals surface area contributed by atoms with Gasteiger partial charge in [0, 0.05) is 6.61 Å². The van der Waals surface area contributed by atoms with Crippen LogP contribution in [0.4, 0.5) is 0 Å². The molecule has 0 fully saturated rings. The first-order valence-corrected chi connectivity index (χ1v) is 15.0. The summed E-state index contributed by atoms with van der Waals surface area (Å²) in [7, 11) is -1.91. The van der Waals surface area contributed by atoms with E-state index in [2.05, 4.69) is 78.9 Å². The summed E-state index contributed by atoms with van der Waals surface area (Å²) >= 11 is 1.75. The second kappa shape index (κ2) is 10.5. The van der Waals surface area contributed by atoms with Crippen LogP contribution in [0, 0.1) is 12.8 Å². The van der Waals surface area contributed by atoms with Crippen LogP contribution in [0.25, 0.3) is 10.2 Å². The SMILES string of the molecule is C/C(=C/C[C@H](O[Si](C)(C)C(C)(C)C)c1ccc2sc(C)nc2c1)CCC[C@H](C)CO. The van der Waals surface area contributed by atoms with Crippen molar-refractivity contribution in [1.82, 2.24) is 4.98 Å². The van der Waals surface area contributed by atoms with E-state index in [-0.39, 0.29) is 17.7 Å². The van der Waals surface area contributed by atoms with Gasteiger partial charge >= 0.3 is 0 Å². The van der Waals surface area contributed by atoms with Gasteiger partial charge in [-0.15, -0.1) is 11.3 Å². The minimum Gasteiger partial charge on any atom is -0.410 e. The molecule has 2 aromatic rings. The van der Waals surface area contributed by atoms with Crippen LogP contribution in [0.2, 0.25) is 18.1 Å². The molecule has 0 saturated heterocycles. The lowest BCUT2D eigenvalue weighted by Crippen LogP contribution is -2.41. The van der Waals surface area contributed by atoms with Crippen LogP contribution in [0.5, 0.6) is 0 Å². The quantitative estimate of drug-likeness (QED) is 0.298. The molecule has 0 saturated carbocycles. The molecule has 0 aliphatic heterocycles. The van der Waals surface area contributed by atoms with Gasteiger partial charge in [-0.3, -0.25) is 0 Å². The highest BCUT2D eigenvalue weighted by Gasteiger charge is 2.39. The van der Waals surface area contributed by atoms with Gasteiger partial charge in [-0.1, -0.05) is 45.4 Å². The zero-order valence-corrected chi connectivity index (χ0v) is 22.0. The van der Waals surface area contributed by atoms with Crippen molar-refractivity contribution < 1.29 is 9.53 Å². The standard InChI is InChI=1S/C25H41NO2SSi/c1-18(10-9-11-19(2)17-27)12-14-23(28-30(7,8)25(4,5)6)21-13-15-24-22(16-21)26-20(3)29-24/h12-13,15-16,19,23,27H,9-11,14,17H2,1-8H3/b18-12-/t19-,23-/m0/s1. The summed E-state index contributed by atoms with van der Waals surface area (Å²) in [6.07, 6.45) is 6.60. The molecule has 1 aromatic heterocycles. The topological polar surface area (TPSA) is 42.4 Å². The first-order valence-electron chi connectivity index (χ1n) is 11.2. The Morgan fingerprint density at radius 3 is 2.63 bits per heavy atom. The molecular formula is C25H41NO2SSi. The summed E-state index contributed by atoms with van der Waals surface area (Å²) < 4.78 is 8.13. The third-order valence-corrected chi connectivity index (χ3v) is 11.8. The summed E-state index contributed by atoms with van der Waals surface area (Å²) in [6, 6.07) is 6.65. The Morgan fingerprint density at radius 2 is 2.00 bits per heavy atom. The van der Waals surface area contributed by atoms with E-state index in [9.17, 15) is 5.11 Å². The first-order chi connectivity index (χ1) is 13.9. The maximum atomic E-state index is 9.22. The van der Waals surface area contributed by atoms with E-state index in [0.29, 0.717) is 5.92 Å². The number of fused-ring (bicyclic) bond motifs is 1. The van der Waals surface area contributed by atoms with Gasteiger partial charge in [0.15, 0.2) is 8.32 Å². The van der Waals surface area contributed by atoms with Crippen molar-refractivity contribution >= 4 is 29.9 Å². The molecule has 1 aromatic carbocycles. The number of aromatic nitrogens is 1. The lowest BCUT2D eigenvalue weighted by Gasteiger charge is -2.39. The molecule has 0 amide bonds. The number of nitrogens with zero attached hydrogens (tertiary/aromatic N) is 1. The van der Waals surface area contributed by atoms with Crippen molar-refractivity contribution in [2.24, 2.45) is 5.92 Å². The highest BCUT2D eigenvalue weighted by atomic mass is 32.1. The van der Waals surface area contributed by atoms with Crippen molar-refractivity contribution in [2.45, 2.75) is 91.5 Å². The van der Waals surface area contributed by atoms with Crippen LogP contribution in [-0.4, -0.2) is 25.0 Å². The summed E-state index contributed by atoms with van der Waals surface area (Å²) in [5.74, 6) is 0.390. The number of hydrogen-bond donors (Lipinski definition) is 1. The molecule has 30 heavy (non-hydrogen) atoms. The number of hydrogen-bond acceptors (Lipinski definition) is 4. The van der Waals surface area contributed by atoms with Crippen molar-refractivity contribution in [2.75, 3.05) is 6.61 Å². The van der Waals surface area contributed by atoms with Crippen LogP contribution < -0.4 is 0 Å². The summed E-state index contributed by atoms with van der Waals surface area (Å²) in [6.45, 7) is 18.2. The minimum absolute atomic E-state index is 0.0589. The molecule has 3 nitrogen and oxygen atoms in total. The second-order valence-electron chi connectivity index (χ2n) is 10.3. The fourth-order valence-corrected chi connectivity index (χ4v) is 5.38. The summed E-state index contributed by atoms with van der Waals surface area (Å²) in [4.78, 5) is 4.70. The zero-order chi connectivity index (χ0) is 22.5.